The summed E-state index contributed by atoms with van der Waals surface area (Å²) in [7, 11) is 0. The van der Waals surface area contributed by atoms with Gasteiger partial charge in [-0.15, -0.1) is 0 Å². The third-order valence-corrected chi connectivity index (χ3v) is 5.27. The van der Waals surface area contributed by atoms with Crippen molar-refractivity contribution in [2.75, 3.05) is 24.7 Å². The lowest BCUT2D eigenvalue weighted by Gasteiger charge is -2.31. The number of hydrogen-bond acceptors (Lipinski definition) is 4. The van der Waals surface area contributed by atoms with Gasteiger partial charge in [-0.1, -0.05) is 22.0 Å². The maximum atomic E-state index is 13.1. The van der Waals surface area contributed by atoms with Gasteiger partial charge >= 0.3 is 0 Å². The summed E-state index contributed by atoms with van der Waals surface area (Å²) in [6, 6.07) is 7.60. The molecular weight excluding hydrogens is 372 g/mol. The molecule has 0 bridgehead atoms. The zero-order valence-corrected chi connectivity index (χ0v) is 14.9. The van der Waals surface area contributed by atoms with Gasteiger partial charge in [0.05, 0.1) is 5.69 Å². The average Bonchev–Trinajstić information content (AvgIpc) is 2.63. The van der Waals surface area contributed by atoms with Crippen LogP contribution in [0, 0.1) is 6.92 Å². The first kappa shape index (κ1) is 15.4. The molecule has 2 aliphatic rings. The number of rotatable bonds is 1. The molecule has 24 heavy (non-hydrogen) atoms. The fourth-order valence-corrected chi connectivity index (χ4v) is 3.56. The van der Waals surface area contributed by atoms with Crippen molar-refractivity contribution in [3.63, 3.8) is 0 Å². The molecule has 1 amide bonds. The molecule has 0 unspecified atom stereocenters. The second kappa shape index (κ2) is 6.09. The van der Waals surface area contributed by atoms with Crippen molar-refractivity contribution in [1.82, 2.24) is 4.98 Å². The predicted octanol–water partition coefficient (Wildman–Crippen LogP) is 3.52. The highest BCUT2D eigenvalue weighted by atomic mass is 79.9. The molecule has 0 N–H and O–H groups in total. The Balaban J connectivity index is 1.73. The van der Waals surface area contributed by atoms with E-state index in [2.05, 4.69) is 27.0 Å². The minimum absolute atomic E-state index is 0.103. The largest absolute Gasteiger partial charge is 0.484 e. The summed E-state index contributed by atoms with van der Waals surface area (Å²) < 4.78 is 12.0. The van der Waals surface area contributed by atoms with E-state index in [0.29, 0.717) is 37.1 Å². The van der Waals surface area contributed by atoms with Crippen LogP contribution in [-0.4, -0.2) is 30.6 Å². The van der Waals surface area contributed by atoms with Crippen molar-refractivity contribution in [2.45, 2.75) is 19.8 Å². The molecule has 2 aliphatic heterocycles. The Morgan fingerprint density at radius 2 is 2.04 bits per heavy atom. The van der Waals surface area contributed by atoms with Crippen LogP contribution in [0.5, 0.6) is 11.6 Å². The van der Waals surface area contributed by atoms with Gasteiger partial charge in [-0.05, 0) is 49.1 Å². The number of halogens is 1. The van der Waals surface area contributed by atoms with Gasteiger partial charge in [0.1, 0.15) is 18.9 Å². The van der Waals surface area contributed by atoms with Crippen molar-refractivity contribution < 1.29 is 14.3 Å². The number of benzene rings is 1. The molecule has 3 heterocycles. The average molecular weight is 389 g/mol. The lowest BCUT2D eigenvalue weighted by Crippen LogP contribution is -2.36. The smallest absolute Gasteiger partial charge is 0.277 e. The summed E-state index contributed by atoms with van der Waals surface area (Å²) in [5.74, 6) is 0.889. The molecule has 1 aromatic heterocycles. The van der Waals surface area contributed by atoms with Crippen LogP contribution >= 0.6 is 15.9 Å². The standard InChI is InChI=1S/C18H17BrN2O3/c1-11-13(19)5-4-12-3-2-8-21(16(11)12)18(22)14-6-7-15-17(20-14)24-10-9-23-15/h4-7H,2-3,8-10H2,1H3. The van der Waals surface area contributed by atoms with Crippen LogP contribution in [0.15, 0.2) is 28.7 Å². The Bertz CT molecular complexity index is 822. The number of pyridine rings is 1. The number of aromatic nitrogens is 1. The van der Waals surface area contributed by atoms with E-state index in [4.69, 9.17) is 9.47 Å². The van der Waals surface area contributed by atoms with Gasteiger partial charge < -0.3 is 14.4 Å². The molecule has 0 radical (unpaired) electrons. The normalized spacial score (nSPS) is 15.8. The van der Waals surface area contributed by atoms with Crippen molar-refractivity contribution in [3.8, 4) is 11.6 Å². The first-order valence-electron chi connectivity index (χ1n) is 8.01. The number of amides is 1. The van der Waals surface area contributed by atoms with E-state index in [1.54, 1.807) is 12.1 Å². The lowest BCUT2D eigenvalue weighted by atomic mass is 9.98. The Morgan fingerprint density at radius 1 is 1.21 bits per heavy atom. The minimum Gasteiger partial charge on any atom is -0.484 e. The van der Waals surface area contributed by atoms with Crippen molar-refractivity contribution in [1.29, 1.82) is 0 Å². The first-order chi connectivity index (χ1) is 11.6. The molecule has 6 heteroatoms. The fraction of sp³-hybridized carbons (Fsp3) is 0.333. The number of aryl methyl sites for hydroxylation is 1. The zero-order chi connectivity index (χ0) is 16.7. The van der Waals surface area contributed by atoms with Gasteiger partial charge in [0, 0.05) is 11.0 Å². The number of carbonyl (C=O) groups excluding carboxylic acids is 1. The monoisotopic (exact) mass is 388 g/mol. The van der Waals surface area contributed by atoms with Crippen LogP contribution in [0.2, 0.25) is 0 Å². The second-order valence-corrected chi connectivity index (χ2v) is 6.79. The quantitative estimate of drug-likeness (QED) is 0.749. The fourth-order valence-electron chi connectivity index (χ4n) is 3.24. The van der Waals surface area contributed by atoms with Crippen LogP contribution in [0.25, 0.3) is 0 Å². The summed E-state index contributed by atoms with van der Waals surface area (Å²) >= 11 is 3.57. The summed E-state index contributed by atoms with van der Waals surface area (Å²) in [5, 5.41) is 0. The molecule has 5 nitrogen and oxygen atoms in total. The number of anilines is 1. The van der Waals surface area contributed by atoms with Gasteiger partial charge in [-0.3, -0.25) is 4.79 Å². The van der Waals surface area contributed by atoms with Gasteiger partial charge in [0.2, 0.25) is 0 Å². The summed E-state index contributed by atoms with van der Waals surface area (Å²) in [6.07, 6.45) is 1.94. The van der Waals surface area contributed by atoms with E-state index in [-0.39, 0.29) is 5.91 Å². The summed E-state index contributed by atoms with van der Waals surface area (Å²) in [5.41, 5.74) is 3.66. The van der Waals surface area contributed by atoms with Crippen LogP contribution in [0.4, 0.5) is 5.69 Å². The van der Waals surface area contributed by atoms with Crippen molar-refractivity contribution >= 4 is 27.5 Å². The second-order valence-electron chi connectivity index (χ2n) is 5.94. The predicted molar refractivity (Wildman–Crippen MR) is 94.1 cm³/mol. The lowest BCUT2D eigenvalue weighted by molar-refractivity contribution is 0.0976. The molecule has 0 spiro atoms. The minimum atomic E-state index is -0.103. The van der Waals surface area contributed by atoms with E-state index in [1.165, 1.54) is 5.56 Å². The Labute approximate surface area is 148 Å². The van der Waals surface area contributed by atoms with Gasteiger partial charge in [-0.25, -0.2) is 4.98 Å². The number of carbonyl (C=O) groups is 1. The van der Waals surface area contributed by atoms with Gasteiger partial charge in [0.25, 0.3) is 11.8 Å². The Hall–Kier alpha value is -2.08. The molecule has 2 aromatic rings. The molecule has 4 rings (SSSR count). The molecule has 0 aliphatic carbocycles. The van der Waals surface area contributed by atoms with E-state index < -0.39 is 0 Å². The van der Waals surface area contributed by atoms with Gasteiger partial charge in [0.15, 0.2) is 5.75 Å². The third-order valence-electron chi connectivity index (χ3n) is 4.42. The van der Waals surface area contributed by atoms with E-state index >= 15 is 0 Å². The summed E-state index contributed by atoms with van der Waals surface area (Å²) in [4.78, 5) is 19.3. The third kappa shape index (κ3) is 2.55. The Kier molecular flexibility index (Phi) is 3.92. The van der Waals surface area contributed by atoms with Crippen molar-refractivity contribution in [3.05, 3.63) is 45.6 Å². The number of fused-ring (bicyclic) bond motifs is 2. The van der Waals surface area contributed by atoms with Crippen LogP contribution < -0.4 is 14.4 Å². The number of hydrogen-bond donors (Lipinski definition) is 0. The maximum Gasteiger partial charge on any atom is 0.277 e. The molecule has 0 fully saturated rings. The van der Waals surface area contributed by atoms with Crippen LogP contribution in [0.3, 0.4) is 0 Å². The molecule has 1 aromatic carbocycles. The molecular formula is C18H17BrN2O3. The number of ether oxygens (including phenoxy) is 2. The molecule has 0 atom stereocenters. The van der Waals surface area contributed by atoms with Crippen molar-refractivity contribution in [2.24, 2.45) is 0 Å². The zero-order valence-electron chi connectivity index (χ0n) is 13.3. The van der Waals surface area contributed by atoms with Gasteiger partial charge in [-0.2, -0.15) is 0 Å². The van der Waals surface area contributed by atoms with E-state index in [1.807, 2.05) is 17.9 Å². The topological polar surface area (TPSA) is 51.7 Å². The van der Waals surface area contributed by atoms with Crippen LogP contribution in [0.1, 0.15) is 28.0 Å². The van der Waals surface area contributed by atoms with E-state index in [9.17, 15) is 4.79 Å². The number of nitrogens with zero attached hydrogens (tertiary/aromatic N) is 2. The highest BCUT2D eigenvalue weighted by Gasteiger charge is 2.28. The molecule has 124 valence electrons. The highest BCUT2D eigenvalue weighted by molar-refractivity contribution is 9.10. The first-order valence-corrected chi connectivity index (χ1v) is 8.81. The Morgan fingerprint density at radius 3 is 2.92 bits per heavy atom. The molecule has 0 saturated carbocycles. The highest BCUT2D eigenvalue weighted by Crippen LogP contribution is 2.36. The van der Waals surface area contributed by atoms with Crippen LogP contribution in [-0.2, 0) is 6.42 Å². The maximum absolute atomic E-state index is 13.1. The SMILES string of the molecule is Cc1c(Br)ccc2c1N(C(=O)c1ccc3c(n1)OCCO3)CCC2. The summed E-state index contributed by atoms with van der Waals surface area (Å²) in [6.45, 7) is 3.69. The van der Waals surface area contributed by atoms with E-state index in [0.717, 1.165) is 28.6 Å². The molecule has 0 saturated heterocycles.